The smallest absolute Gasteiger partial charge is 0.272 e. The summed E-state index contributed by atoms with van der Waals surface area (Å²) in [5.41, 5.74) is 0.476. The third-order valence-electron chi connectivity index (χ3n) is 4.76. The van der Waals surface area contributed by atoms with Gasteiger partial charge in [-0.2, -0.15) is 0 Å². The van der Waals surface area contributed by atoms with Gasteiger partial charge in [-0.15, -0.1) is 0 Å². The van der Waals surface area contributed by atoms with Gasteiger partial charge in [0.2, 0.25) is 5.95 Å². The Balaban J connectivity index is 1.70. The van der Waals surface area contributed by atoms with E-state index >= 15 is 0 Å². The van der Waals surface area contributed by atoms with Crippen LogP contribution in [0.15, 0.2) is 24.5 Å². The van der Waals surface area contributed by atoms with E-state index in [9.17, 15) is 4.79 Å². The topological polar surface area (TPSA) is 78.4 Å². The monoisotopic (exact) mass is 383 g/mol. The number of nitrogens with zero attached hydrogens (tertiary/aromatic N) is 7. The van der Waals surface area contributed by atoms with E-state index in [1.807, 2.05) is 17.9 Å². The van der Waals surface area contributed by atoms with Crippen molar-refractivity contribution < 1.29 is 4.79 Å². The minimum atomic E-state index is -0.0340. The van der Waals surface area contributed by atoms with Gasteiger partial charge in [-0.1, -0.05) is 13.8 Å². The SMILES string of the molecule is CCCN(CCC)c1cc(C(=O)N2CCN(c3ncccn3)CC2)nc(C)n1. The zero-order valence-corrected chi connectivity index (χ0v) is 17.0. The number of aryl methyl sites for hydroxylation is 1. The molecule has 3 heterocycles. The molecular formula is C20H29N7O. The van der Waals surface area contributed by atoms with E-state index in [0.717, 1.165) is 31.7 Å². The predicted octanol–water partition coefficient (Wildman–Crippen LogP) is 2.16. The molecule has 2 aromatic rings. The number of rotatable bonds is 7. The first kappa shape index (κ1) is 20.0. The summed E-state index contributed by atoms with van der Waals surface area (Å²) in [5, 5.41) is 0. The summed E-state index contributed by atoms with van der Waals surface area (Å²) >= 11 is 0. The van der Waals surface area contributed by atoms with Crippen LogP contribution in [0, 0.1) is 6.92 Å². The van der Waals surface area contributed by atoms with Crippen molar-refractivity contribution in [3.05, 3.63) is 36.0 Å². The number of hydrogen-bond donors (Lipinski definition) is 0. The van der Waals surface area contributed by atoms with Gasteiger partial charge in [0.05, 0.1) is 0 Å². The molecule has 1 saturated heterocycles. The summed E-state index contributed by atoms with van der Waals surface area (Å²) in [4.78, 5) is 36.8. The first-order valence-corrected chi connectivity index (χ1v) is 10.0. The number of carbonyl (C=O) groups excluding carboxylic acids is 1. The van der Waals surface area contributed by atoms with E-state index < -0.39 is 0 Å². The highest BCUT2D eigenvalue weighted by molar-refractivity contribution is 5.93. The molecule has 28 heavy (non-hydrogen) atoms. The number of hydrogen-bond acceptors (Lipinski definition) is 7. The summed E-state index contributed by atoms with van der Waals surface area (Å²) < 4.78 is 0. The molecule has 0 aromatic carbocycles. The average molecular weight is 384 g/mol. The molecule has 1 aliphatic rings. The van der Waals surface area contributed by atoms with Crippen LogP contribution in [0.2, 0.25) is 0 Å². The van der Waals surface area contributed by atoms with Crippen molar-refractivity contribution in [2.24, 2.45) is 0 Å². The summed E-state index contributed by atoms with van der Waals surface area (Å²) in [7, 11) is 0. The Labute approximate surface area is 166 Å². The number of anilines is 2. The fraction of sp³-hybridized carbons (Fsp3) is 0.550. The molecule has 0 unspecified atom stereocenters. The van der Waals surface area contributed by atoms with E-state index in [1.165, 1.54) is 0 Å². The van der Waals surface area contributed by atoms with Crippen LogP contribution in [-0.4, -0.2) is 70.0 Å². The van der Waals surface area contributed by atoms with Gasteiger partial charge >= 0.3 is 0 Å². The molecular weight excluding hydrogens is 354 g/mol. The zero-order chi connectivity index (χ0) is 19.9. The highest BCUT2D eigenvalue weighted by Gasteiger charge is 2.25. The molecule has 1 fully saturated rings. The Kier molecular flexibility index (Phi) is 6.73. The van der Waals surface area contributed by atoms with Gasteiger partial charge in [-0.25, -0.2) is 19.9 Å². The Morgan fingerprint density at radius 2 is 1.68 bits per heavy atom. The molecule has 8 heteroatoms. The molecule has 0 spiro atoms. The van der Waals surface area contributed by atoms with Gasteiger partial charge < -0.3 is 14.7 Å². The third kappa shape index (κ3) is 4.74. The van der Waals surface area contributed by atoms with Crippen LogP contribution in [0.25, 0.3) is 0 Å². The summed E-state index contributed by atoms with van der Waals surface area (Å²) in [6.45, 7) is 10.7. The second-order valence-electron chi connectivity index (χ2n) is 6.97. The van der Waals surface area contributed by atoms with Crippen molar-refractivity contribution in [2.75, 3.05) is 49.1 Å². The Bertz CT molecular complexity index is 769. The average Bonchev–Trinajstić information content (AvgIpc) is 2.73. The summed E-state index contributed by atoms with van der Waals surface area (Å²) in [6.07, 6.45) is 5.55. The molecule has 150 valence electrons. The third-order valence-corrected chi connectivity index (χ3v) is 4.76. The maximum absolute atomic E-state index is 13.1. The number of aromatic nitrogens is 4. The lowest BCUT2D eigenvalue weighted by Gasteiger charge is -2.34. The molecule has 8 nitrogen and oxygen atoms in total. The Hall–Kier alpha value is -2.77. The van der Waals surface area contributed by atoms with Crippen molar-refractivity contribution in [2.45, 2.75) is 33.6 Å². The molecule has 1 amide bonds. The van der Waals surface area contributed by atoms with E-state index in [-0.39, 0.29) is 5.91 Å². The van der Waals surface area contributed by atoms with E-state index in [0.29, 0.717) is 43.6 Å². The van der Waals surface area contributed by atoms with E-state index in [1.54, 1.807) is 18.5 Å². The molecule has 0 atom stereocenters. The van der Waals surface area contributed by atoms with Crippen molar-refractivity contribution in [3.63, 3.8) is 0 Å². The Morgan fingerprint density at radius 1 is 1.04 bits per heavy atom. The lowest BCUT2D eigenvalue weighted by Crippen LogP contribution is -2.49. The standard InChI is InChI=1S/C20H29N7O/c1-4-9-25(10-5-2)18-15-17(23-16(3)24-18)19(28)26-11-13-27(14-12-26)20-21-7-6-8-22-20/h6-8,15H,4-5,9-14H2,1-3H3. The molecule has 0 aliphatic carbocycles. The van der Waals surface area contributed by atoms with Crippen LogP contribution in [0.3, 0.4) is 0 Å². The normalized spacial score (nSPS) is 14.2. The predicted molar refractivity (Wildman–Crippen MR) is 110 cm³/mol. The van der Waals surface area contributed by atoms with Gasteiger partial charge in [-0.3, -0.25) is 4.79 Å². The van der Waals surface area contributed by atoms with Gasteiger partial charge in [0.1, 0.15) is 17.3 Å². The fourth-order valence-corrected chi connectivity index (χ4v) is 3.43. The first-order valence-electron chi connectivity index (χ1n) is 10.0. The number of carbonyl (C=O) groups is 1. The van der Waals surface area contributed by atoms with Crippen LogP contribution in [0.5, 0.6) is 0 Å². The van der Waals surface area contributed by atoms with Gasteiger partial charge in [-0.05, 0) is 25.8 Å². The largest absolute Gasteiger partial charge is 0.357 e. The molecule has 0 bridgehead atoms. The highest BCUT2D eigenvalue weighted by Crippen LogP contribution is 2.17. The minimum Gasteiger partial charge on any atom is -0.357 e. The highest BCUT2D eigenvalue weighted by atomic mass is 16.2. The van der Waals surface area contributed by atoms with Crippen molar-refractivity contribution in [3.8, 4) is 0 Å². The van der Waals surface area contributed by atoms with E-state index in [2.05, 4.69) is 43.6 Å². The van der Waals surface area contributed by atoms with Crippen LogP contribution in [0.1, 0.15) is 43.0 Å². The Morgan fingerprint density at radius 3 is 2.29 bits per heavy atom. The summed E-state index contributed by atoms with van der Waals surface area (Å²) in [5.74, 6) is 2.16. The van der Waals surface area contributed by atoms with Gasteiger partial charge in [0.15, 0.2) is 0 Å². The van der Waals surface area contributed by atoms with Crippen molar-refractivity contribution >= 4 is 17.7 Å². The number of amides is 1. The molecule has 2 aromatic heterocycles. The second-order valence-corrected chi connectivity index (χ2v) is 6.97. The quantitative estimate of drug-likeness (QED) is 0.725. The van der Waals surface area contributed by atoms with Gasteiger partial charge in [0, 0.05) is 57.7 Å². The first-order chi connectivity index (χ1) is 13.6. The van der Waals surface area contributed by atoms with Crippen LogP contribution in [-0.2, 0) is 0 Å². The molecule has 3 rings (SSSR count). The second kappa shape index (κ2) is 9.43. The van der Waals surface area contributed by atoms with Crippen molar-refractivity contribution in [1.29, 1.82) is 0 Å². The van der Waals surface area contributed by atoms with Gasteiger partial charge in [0.25, 0.3) is 5.91 Å². The lowest BCUT2D eigenvalue weighted by molar-refractivity contribution is 0.0740. The molecule has 0 saturated carbocycles. The lowest BCUT2D eigenvalue weighted by atomic mass is 10.2. The van der Waals surface area contributed by atoms with E-state index in [4.69, 9.17) is 0 Å². The maximum atomic E-state index is 13.1. The summed E-state index contributed by atoms with van der Waals surface area (Å²) in [6, 6.07) is 3.64. The minimum absolute atomic E-state index is 0.0340. The maximum Gasteiger partial charge on any atom is 0.272 e. The fourth-order valence-electron chi connectivity index (χ4n) is 3.43. The van der Waals surface area contributed by atoms with Crippen molar-refractivity contribution in [1.82, 2.24) is 24.8 Å². The van der Waals surface area contributed by atoms with Crippen LogP contribution < -0.4 is 9.80 Å². The molecule has 0 radical (unpaired) electrons. The zero-order valence-electron chi connectivity index (χ0n) is 17.0. The van der Waals surface area contributed by atoms with Crippen LogP contribution in [0.4, 0.5) is 11.8 Å². The number of piperazine rings is 1. The molecule has 1 aliphatic heterocycles. The molecule has 0 N–H and O–H groups in total. The van der Waals surface area contributed by atoms with Crippen LogP contribution >= 0.6 is 0 Å².